The minimum Gasteiger partial charge on any atom is -0.471 e. The summed E-state index contributed by atoms with van der Waals surface area (Å²) in [6, 6.07) is 0. The fourth-order valence-corrected chi connectivity index (χ4v) is 1.89. The molecular weight excluding hydrogens is 274 g/mol. The molecule has 7 nitrogen and oxygen atoms in total. The Morgan fingerprint density at radius 2 is 1.95 bits per heavy atom. The van der Waals surface area contributed by atoms with Crippen molar-refractivity contribution < 1.29 is 29.9 Å². The number of hydrogen-bond donors (Lipinski definition) is 5. The monoisotopic (exact) mass is 295 g/mol. The average molecular weight is 295 g/mol. The summed E-state index contributed by atoms with van der Waals surface area (Å²) in [5, 5.41) is 40.6. The second-order valence-electron chi connectivity index (χ2n) is 4.38. The van der Waals surface area contributed by atoms with E-state index in [2.05, 4.69) is 5.32 Å². The predicted octanol–water partition coefficient (Wildman–Crippen LogP) is -1.52. The lowest BCUT2D eigenvalue weighted by atomic mass is 9.98. The largest absolute Gasteiger partial charge is 0.471 e. The van der Waals surface area contributed by atoms with Crippen molar-refractivity contribution in [3.63, 3.8) is 0 Å². The number of hydrogen-bond acceptors (Lipinski definition) is 7. The molecule has 1 fully saturated rings. The predicted molar refractivity (Wildman–Crippen MR) is 70.4 cm³/mol. The summed E-state index contributed by atoms with van der Waals surface area (Å²) in [5.74, 6) is 0. The molecular formula is C11H21NO6S. The van der Waals surface area contributed by atoms with E-state index in [1.54, 1.807) is 0 Å². The van der Waals surface area contributed by atoms with Crippen molar-refractivity contribution in [3.8, 4) is 0 Å². The van der Waals surface area contributed by atoms with Crippen molar-refractivity contribution in [3.05, 3.63) is 0 Å². The molecule has 5 atom stereocenters. The van der Waals surface area contributed by atoms with Gasteiger partial charge in [0, 0.05) is 0 Å². The maximum Gasteiger partial charge on any atom is 0.258 e. The fraction of sp³-hybridized carbons (Fsp3) is 0.909. The van der Waals surface area contributed by atoms with E-state index >= 15 is 0 Å². The van der Waals surface area contributed by atoms with Gasteiger partial charge in [-0.15, -0.1) is 0 Å². The molecule has 0 aromatic heterocycles. The molecule has 1 aliphatic heterocycles. The molecule has 112 valence electrons. The Morgan fingerprint density at radius 3 is 2.53 bits per heavy atom. The van der Waals surface area contributed by atoms with E-state index in [1.807, 2.05) is 6.92 Å². The number of unbranched alkanes of at least 4 members (excludes halogenated alkanes) is 1. The van der Waals surface area contributed by atoms with Crippen LogP contribution in [0.25, 0.3) is 0 Å². The third-order valence-electron chi connectivity index (χ3n) is 2.88. The van der Waals surface area contributed by atoms with E-state index in [4.69, 9.17) is 26.8 Å². The molecule has 0 aliphatic carbocycles. The topological polar surface area (TPSA) is 111 Å². The lowest BCUT2D eigenvalue weighted by Gasteiger charge is -2.40. The highest BCUT2D eigenvalue weighted by Crippen LogP contribution is 2.19. The molecule has 1 rings (SSSR count). The van der Waals surface area contributed by atoms with Gasteiger partial charge in [0.2, 0.25) is 0 Å². The van der Waals surface area contributed by atoms with Crippen molar-refractivity contribution in [2.45, 2.75) is 50.4 Å². The Kier molecular flexibility index (Phi) is 6.90. The number of rotatable bonds is 5. The number of aliphatic hydroxyl groups is 4. The van der Waals surface area contributed by atoms with Crippen LogP contribution in [0.15, 0.2) is 0 Å². The highest BCUT2D eigenvalue weighted by molar-refractivity contribution is 7.80. The van der Waals surface area contributed by atoms with Crippen molar-refractivity contribution in [2.24, 2.45) is 0 Å². The maximum atomic E-state index is 9.75. The third-order valence-corrected chi connectivity index (χ3v) is 3.12. The van der Waals surface area contributed by atoms with Gasteiger partial charge in [-0.3, -0.25) is 0 Å². The van der Waals surface area contributed by atoms with Gasteiger partial charge in [0.05, 0.1) is 13.2 Å². The van der Waals surface area contributed by atoms with Gasteiger partial charge in [-0.25, -0.2) is 0 Å². The number of aliphatic hydroxyl groups excluding tert-OH is 4. The van der Waals surface area contributed by atoms with E-state index < -0.39 is 37.3 Å². The normalized spacial score (nSPS) is 34.9. The van der Waals surface area contributed by atoms with E-state index in [0.717, 1.165) is 12.8 Å². The van der Waals surface area contributed by atoms with Gasteiger partial charge in [0.25, 0.3) is 5.17 Å². The second kappa shape index (κ2) is 7.93. The minimum atomic E-state index is -1.43. The van der Waals surface area contributed by atoms with E-state index in [-0.39, 0.29) is 5.17 Å². The SMILES string of the molecule is CCCCOC(=S)N[C@H]1O[C@@H](CO)[C@@H](O)[C@@H](O)[C@@H]1O. The number of ether oxygens (including phenoxy) is 2. The van der Waals surface area contributed by atoms with Crippen LogP contribution in [-0.4, -0.2) is 69.5 Å². The van der Waals surface area contributed by atoms with Crippen LogP contribution in [0.1, 0.15) is 19.8 Å². The molecule has 8 heteroatoms. The van der Waals surface area contributed by atoms with Crippen molar-refractivity contribution in [2.75, 3.05) is 13.2 Å². The van der Waals surface area contributed by atoms with Crippen LogP contribution in [0.5, 0.6) is 0 Å². The first kappa shape index (κ1) is 16.5. The fourth-order valence-electron chi connectivity index (χ4n) is 1.69. The van der Waals surface area contributed by atoms with Gasteiger partial charge in [0.1, 0.15) is 24.4 Å². The maximum absolute atomic E-state index is 9.75. The quantitative estimate of drug-likeness (QED) is 0.307. The Bertz CT molecular complexity index is 290. The van der Waals surface area contributed by atoms with E-state index in [1.165, 1.54) is 0 Å². The first-order chi connectivity index (χ1) is 9.01. The highest BCUT2D eigenvalue weighted by Gasteiger charge is 2.43. The van der Waals surface area contributed by atoms with Crippen LogP contribution < -0.4 is 5.32 Å². The minimum absolute atomic E-state index is 0.0396. The van der Waals surface area contributed by atoms with Crippen LogP contribution in [0.3, 0.4) is 0 Å². The summed E-state index contributed by atoms with van der Waals surface area (Å²) in [5.41, 5.74) is 0. The van der Waals surface area contributed by atoms with Gasteiger partial charge in [-0.1, -0.05) is 13.3 Å². The Balaban J connectivity index is 2.49. The molecule has 0 aromatic carbocycles. The average Bonchev–Trinajstić information content (AvgIpc) is 2.39. The molecule has 0 amide bonds. The zero-order valence-corrected chi connectivity index (χ0v) is 11.5. The molecule has 5 N–H and O–H groups in total. The summed E-state index contributed by atoms with van der Waals surface area (Å²) in [7, 11) is 0. The first-order valence-electron chi connectivity index (χ1n) is 6.25. The molecule has 1 heterocycles. The molecule has 1 saturated heterocycles. The smallest absolute Gasteiger partial charge is 0.258 e. The molecule has 0 spiro atoms. The van der Waals surface area contributed by atoms with Crippen molar-refractivity contribution in [1.29, 1.82) is 0 Å². The van der Waals surface area contributed by atoms with Crippen LogP contribution in [-0.2, 0) is 9.47 Å². The summed E-state index contributed by atoms with van der Waals surface area (Å²) in [6.07, 6.45) is -4.38. The third kappa shape index (κ3) is 4.51. The Labute approximate surface area is 117 Å². The molecule has 0 bridgehead atoms. The number of nitrogens with one attached hydrogen (secondary N) is 1. The van der Waals surface area contributed by atoms with E-state index in [9.17, 15) is 15.3 Å². The van der Waals surface area contributed by atoms with Gasteiger partial charge in [-0.05, 0) is 18.6 Å². The molecule has 1 aliphatic rings. The zero-order chi connectivity index (χ0) is 14.4. The van der Waals surface area contributed by atoms with E-state index in [0.29, 0.717) is 6.61 Å². The summed E-state index contributed by atoms with van der Waals surface area (Å²) < 4.78 is 10.4. The van der Waals surface area contributed by atoms with Crippen LogP contribution in [0.2, 0.25) is 0 Å². The van der Waals surface area contributed by atoms with Crippen molar-refractivity contribution >= 4 is 17.4 Å². The second-order valence-corrected chi connectivity index (χ2v) is 4.75. The van der Waals surface area contributed by atoms with Crippen LogP contribution >= 0.6 is 12.2 Å². The zero-order valence-electron chi connectivity index (χ0n) is 10.7. The standard InChI is InChI=1S/C11H21NO6S/c1-2-3-4-17-11(19)12-10-9(16)8(15)7(14)6(5-13)18-10/h6-10,13-16H,2-5H2,1H3,(H,12,19)/t6-,7+,8+,9-,10-/m0/s1. The van der Waals surface area contributed by atoms with Gasteiger partial charge >= 0.3 is 0 Å². The molecule has 0 radical (unpaired) electrons. The lowest BCUT2D eigenvalue weighted by Crippen LogP contribution is -2.63. The molecule has 19 heavy (non-hydrogen) atoms. The van der Waals surface area contributed by atoms with Crippen molar-refractivity contribution in [1.82, 2.24) is 5.32 Å². The molecule has 0 unspecified atom stereocenters. The highest BCUT2D eigenvalue weighted by atomic mass is 32.1. The molecule has 0 aromatic rings. The summed E-state index contributed by atoms with van der Waals surface area (Å²) in [4.78, 5) is 0. The Morgan fingerprint density at radius 1 is 1.26 bits per heavy atom. The first-order valence-corrected chi connectivity index (χ1v) is 6.65. The number of thiocarbonyl (C=S) groups is 1. The van der Waals surface area contributed by atoms with Crippen LogP contribution in [0, 0.1) is 0 Å². The van der Waals surface area contributed by atoms with Gasteiger partial charge in [0.15, 0.2) is 6.23 Å². The van der Waals surface area contributed by atoms with Crippen LogP contribution in [0.4, 0.5) is 0 Å². The van der Waals surface area contributed by atoms with Gasteiger partial charge in [-0.2, -0.15) is 0 Å². The van der Waals surface area contributed by atoms with Gasteiger partial charge < -0.3 is 35.2 Å². The summed E-state index contributed by atoms with van der Waals surface area (Å²) in [6.45, 7) is 1.98. The summed E-state index contributed by atoms with van der Waals surface area (Å²) >= 11 is 4.91. The Hall–Kier alpha value is -0.510. The molecule has 0 saturated carbocycles. The lowest BCUT2D eigenvalue weighted by molar-refractivity contribution is -0.233.